The van der Waals surface area contributed by atoms with E-state index in [1.165, 1.54) is 49.2 Å². The highest BCUT2D eigenvalue weighted by Gasteiger charge is 2.49. The van der Waals surface area contributed by atoms with Crippen molar-refractivity contribution in [3.05, 3.63) is 15.6 Å². The van der Waals surface area contributed by atoms with Gasteiger partial charge < -0.3 is 5.32 Å². The number of rotatable bonds is 2. The van der Waals surface area contributed by atoms with Gasteiger partial charge in [0.05, 0.1) is 11.2 Å². The summed E-state index contributed by atoms with van der Waals surface area (Å²) in [4.78, 5) is 6.60. The average molecular weight is 292 g/mol. The summed E-state index contributed by atoms with van der Waals surface area (Å²) < 4.78 is 0. The fraction of sp³-hybridized carbons (Fsp3) is 0.824. The second-order valence-electron chi connectivity index (χ2n) is 8.43. The second-order valence-corrected chi connectivity index (χ2v) is 9.52. The third kappa shape index (κ3) is 2.43. The van der Waals surface area contributed by atoms with Crippen molar-refractivity contribution in [1.29, 1.82) is 0 Å². The zero-order chi connectivity index (χ0) is 14.6. The number of nitrogens with zero attached hydrogens (tertiary/aromatic N) is 1. The van der Waals surface area contributed by atoms with E-state index in [1.54, 1.807) is 4.88 Å². The van der Waals surface area contributed by atoms with Gasteiger partial charge in [-0.25, -0.2) is 4.98 Å². The van der Waals surface area contributed by atoms with E-state index in [-0.39, 0.29) is 5.54 Å². The molecule has 1 N–H and O–H groups in total. The predicted octanol–water partition coefficient (Wildman–Crippen LogP) is 4.28. The van der Waals surface area contributed by atoms with E-state index in [2.05, 4.69) is 40.1 Å². The van der Waals surface area contributed by atoms with Crippen LogP contribution in [-0.4, -0.2) is 12.0 Å². The Kier molecular flexibility index (Phi) is 3.30. The molecule has 2 aliphatic rings. The second kappa shape index (κ2) is 4.54. The van der Waals surface area contributed by atoms with E-state index >= 15 is 0 Å². The Balaban J connectivity index is 2.01. The lowest BCUT2D eigenvalue weighted by Crippen LogP contribution is -2.51. The largest absolute Gasteiger partial charge is 0.308 e. The van der Waals surface area contributed by atoms with Crippen molar-refractivity contribution in [2.45, 2.75) is 71.8 Å². The lowest BCUT2D eigenvalue weighted by atomic mass is 9.58. The number of hydrogen-bond acceptors (Lipinski definition) is 3. The minimum Gasteiger partial charge on any atom is -0.308 e. The molecule has 0 aliphatic heterocycles. The standard InChI is InChI=1S/C17H28N2S/c1-15(2)9-16(3,4)11-17(10-15,18-5)14-19-12-7-6-8-13(12)20-14/h18H,6-11H2,1-5H3. The summed E-state index contributed by atoms with van der Waals surface area (Å²) in [6.07, 6.45) is 7.45. The van der Waals surface area contributed by atoms with Crippen LogP contribution in [0.15, 0.2) is 0 Å². The van der Waals surface area contributed by atoms with Gasteiger partial charge in [0.15, 0.2) is 0 Å². The van der Waals surface area contributed by atoms with E-state index < -0.39 is 0 Å². The molecule has 1 aromatic heterocycles. The highest BCUT2D eigenvalue weighted by Crippen LogP contribution is 2.54. The van der Waals surface area contributed by atoms with E-state index in [9.17, 15) is 0 Å². The first-order valence-corrected chi connectivity index (χ1v) is 8.75. The summed E-state index contributed by atoms with van der Waals surface area (Å²) in [5, 5.41) is 5.03. The fourth-order valence-corrected chi connectivity index (χ4v) is 6.29. The first kappa shape index (κ1) is 14.5. The van der Waals surface area contributed by atoms with Crippen LogP contribution in [0.4, 0.5) is 0 Å². The third-order valence-corrected chi connectivity index (χ3v) is 6.36. The maximum Gasteiger partial charge on any atom is 0.113 e. The summed E-state index contributed by atoms with van der Waals surface area (Å²) in [6.45, 7) is 9.67. The van der Waals surface area contributed by atoms with Crippen molar-refractivity contribution < 1.29 is 0 Å². The zero-order valence-corrected chi connectivity index (χ0v) is 14.4. The van der Waals surface area contributed by atoms with Crippen LogP contribution in [0.25, 0.3) is 0 Å². The molecule has 2 aliphatic carbocycles. The van der Waals surface area contributed by atoms with Crippen LogP contribution in [-0.2, 0) is 18.4 Å². The van der Waals surface area contributed by atoms with Gasteiger partial charge in [0.2, 0.25) is 0 Å². The monoisotopic (exact) mass is 292 g/mol. The van der Waals surface area contributed by atoms with Gasteiger partial charge in [-0.2, -0.15) is 0 Å². The molecular formula is C17H28N2S. The van der Waals surface area contributed by atoms with Crippen LogP contribution in [0.1, 0.15) is 69.0 Å². The molecule has 0 bridgehead atoms. The number of thiazole rings is 1. The van der Waals surface area contributed by atoms with Crippen molar-refractivity contribution in [3.63, 3.8) is 0 Å². The Morgan fingerprint density at radius 3 is 2.20 bits per heavy atom. The van der Waals surface area contributed by atoms with E-state index in [4.69, 9.17) is 4.98 Å². The summed E-state index contributed by atoms with van der Waals surface area (Å²) in [5.74, 6) is 0. The van der Waals surface area contributed by atoms with Crippen LogP contribution >= 0.6 is 11.3 Å². The number of aryl methyl sites for hydroxylation is 2. The van der Waals surface area contributed by atoms with Gasteiger partial charge >= 0.3 is 0 Å². The van der Waals surface area contributed by atoms with Gasteiger partial charge in [-0.3, -0.25) is 0 Å². The van der Waals surface area contributed by atoms with Crippen LogP contribution in [0.5, 0.6) is 0 Å². The molecule has 0 spiro atoms. The van der Waals surface area contributed by atoms with Crippen LogP contribution < -0.4 is 5.32 Å². The van der Waals surface area contributed by atoms with Gasteiger partial charge in [-0.15, -0.1) is 11.3 Å². The fourth-order valence-electron chi connectivity index (χ4n) is 4.95. The van der Waals surface area contributed by atoms with Gasteiger partial charge in [-0.1, -0.05) is 27.7 Å². The smallest absolute Gasteiger partial charge is 0.113 e. The SMILES string of the molecule is CNC1(c2nc3c(s2)CCC3)CC(C)(C)CC(C)(C)C1. The van der Waals surface area contributed by atoms with Gasteiger partial charge in [-0.05, 0) is 56.4 Å². The molecule has 1 saturated carbocycles. The Bertz CT molecular complexity index is 476. The molecule has 0 amide bonds. The summed E-state index contributed by atoms with van der Waals surface area (Å²) in [7, 11) is 2.13. The predicted molar refractivity (Wildman–Crippen MR) is 86.3 cm³/mol. The minimum absolute atomic E-state index is 0.0836. The first-order valence-electron chi connectivity index (χ1n) is 7.93. The molecule has 1 heterocycles. The summed E-state index contributed by atoms with van der Waals surface area (Å²) >= 11 is 1.98. The quantitative estimate of drug-likeness (QED) is 0.880. The maximum absolute atomic E-state index is 5.04. The minimum atomic E-state index is 0.0836. The van der Waals surface area contributed by atoms with Crippen molar-refractivity contribution in [2.75, 3.05) is 7.05 Å². The molecule has 112 valence electrons. The molecule has 0 unspecified atom stereocenters. The zero-order valence-electron chi connectivity index (χ0n) is 13.6. The molecule has 1 aromatic rings. The van der Waals surface area contributed by atoms with Crippen molar-refractivity contribution >= 4 is 11.3 Å². The average Bonchev–Trinajstić information content (AvgIpc) is 2.84. The summed E-state index contributed by atoms with van der Waals surface area (Å²) in [6, 6.07) is 0. The Hall–Kier alpha value is -0.410. The van der Waals surface area contributed by atoms with Gasteiger partial charge in [0.25, 0.3) is 0 Å². The van der Waals surface area contributed by atoms with Gasteiger partial charge in [0.1, 0.15) is 5.01 Å². The number of fused-ring (bicyclic) bond motifs is 1. The lowest BCUT2D eigenvalue weighted by molar-refractivity contribution is 0.0299. The van der Waals surface area contributed by atoms with Crippen molar-refractivity contribution in [2.24, 2.45) is 10.8 Å². The van der Waals surface area contributed by atoms with Crippen LogP contribution in [0.2, 0.25) is 0 Å². The number of aromatic nitrogens is 1. The van der Waals surface area contributed by atoms with E-state index in [0.29, 0.717) is 10.8 Å². The van der Waals surface area contributed by atoms with Crippen molar-refractivity contribution in [1.82, 2.24) is 10.3 Å². The molecule has 0 radical (unpaired) electrons. The lowest BCUT2D eigenvalue weighted by Gasteiger charge is -2.51. The van der Waals surface area contributed by atoms with E-state index in [0.717, 1.165) is 0 Å². The molecule has 0 aromatic carbocycles. The molecule has 0 saturated heterocycles. The highest BCUT2D eigenvalue weighted by atomic mass is 32.1. The number of hydrogen-bond donors (Lipinski definition) is 1. The molecule has 20 heavy (non-hydrogen) atoms. The topological polar surface area (TPSA) is 24.9 Å². The molecule has 0 atom stereocenters. The molecule has 2 nitrogen and oxygen atoms in total. The highest BCUT2D eigenvalue weighted by molar-refractivity contribution is 7.12. The molecular weight excluding hydrogens is 264 g/mol. The Morgan fingerprint density at radius 2 is 1.65 bits per heavy atom. The number of nitrogens with one attached hydrogen (secondary N) is 1. The maximum atomic E-state index is 5.04. The normalized spacial score (nSPS) is 26.4. The Morgan fingerprint density at radius 1 is 1.00 bits per heavy atom. The molecule has 1 fully saturated rings. The molecule has 3 rings (SSSR count). The first-order chi connectivity index (χ1) is 9.25. The van der Waals surface area contributed by atoms with Crippen LogP contribution in [0, 0.1) is 10.8 Å². The summed E-state index contributed by atoms with van der Waals surface area (Å²) in [5.41, 5.74) is 2.22. The Labute approximate surface area is 127 Å². The van der Waals surface area contributed by atoms with Crippen molar-refractivity contribution in [3.8, 4) is 0 Å². The third-order valence-electron chi connectivity index (χ3n) is 5.00. The van der Waals surface area contributed by atoms with Gasteiger partial charge in [0, 0.05) is 4.88 Å². The van der Waals surface area contributed by atoms with Crippen LogP contribution in [0.3, 0.4) is 0 Å². The van der Waals surface area contributed by atoms with E-state index in [1.807, 2.05) is 11.3 Å². The molecule has 3 heteroatoms.